The Morgan fingerprint density at radius 1 is 1.53 bits per heavy atom. The quantitative estimate of drug-likeness (QED) is 0.674. The van der Waals surface area contributed by atoms with Crippen LogP contribution in [0, 0.1) is 5.82 Å². The van der Waals surface area contributed by atoms with Crippen LogP contribution in [0.2, 0.25) is 0 Å². The lowest BCUT2D eigenvalue weighted by atomic mass is 10.0. The molecule has 0 aliphatic carbocycles. The van der Waals surface area contributed by atoms with E-state index in [1.165, 1.54) is 17.4 Å². The fraction of sp³-hybridized carbons (Fsp3) is 0.182. The summed E-state index contributed by atoms with van der Waals surface area (Å²) in [4.78, 5) is 4.17. The highest BCUT2D eigenvalue weighted by atomic mass is 79.9. The number of thiazole rings is 1. The molecule has 1 aromatic carbocycles. The van der Waals surface area contributed by atoms with E-state index in [1.807, 2.05) is 5.38 Å². The van der Waals surface area contributed by atoms with Crippen molar-refractivity contribution in [3.05, 3.63) is 50.6 Å². The number of nitrogens with two attached hydrogens (primary N) is 1. The number of benzene rings is 1. The summed E-state index contributed by atoms with van der Waals surface area (Å²) in [5.74, 6) is 5.22. The molecule has 0 bridgehead atoms. The van der Waals surface area contributed by atoms with Crippen LogP contribution in [0.5, 0.6) is 0 Å². The van der Waals surface area contributed by atoms with Crippen molar-refractivity contribution in [1.82, 2.24) is 10.4 Å². The Bertz CT molecular complexity index is 469. The van der Waals surface area contributed by atoms with Crippen LogP contribution < -0.4 is 11.3 Å². The van der Waals surface area contributed by atoms with Crippen LogP contribution in [-0.2, 0) is 6.42 Å². The maximum atomic E-state index is 13.8. The molecule has 90 valence electrons. The average Bonchev–Trinajstić information content (AvgIpc) is 2.80. The van der Waals surface area contributed by atoms with E-state index in [9.17, 15) is 4.39 Å². The topological polar surface area (TPSA) is 50.9 Å². The second-order valence-corrected chi connectivity index (χ2v) is 5.32. The third kappa shape index (κ3) is 2.90. The zero-order valence-corrected chi connectivity index (χ0v) is 11.3. The van der Waals surface area contributed by atoms with Crippen LogP contribution in [0.1, 0.15) is 16.6 Å². The molecular formula is C11H11BrFN3S. The molecule has 0 aliphatic heterocycles. The van der Waals surface area contributed by atoms with Gasteiger partial charge in [0.05, 0.1) is 11.0 Å². The zero-order chi connectivity index (χ0) is 12.3. The molecule has 0 spiro atoms. The second kappa shape index (κ2) is 5.68. The van der Waals surface area contributed by atoms with Crippen molar-refractivity contribution in [2.45, 2.75) is 12.5 Å². The Morgan fingerprint density at radius 3 is 2.94 bits per heavy atom. The van der Waals surface area contributed by atoms with Crippen LogP contribution in [0.15, 0.2) is 34.2 Å². The maximum absolute atomic E-state index is 13.8. The Kier molecular flexibility index (Phi) is 4.22. The van der Waals surface area contributed by atoms with Gasteiger partial charge in [-0.1, -0.05) is 22.0 Å². The largest absolute Gasteiger partial charge is 0.271 e. The molecule has 0 radical (unpaired) electrons. The number of aromatic nitrogens is 1. The highest BCUT2D eigenvalue weighted by Gasteiger charge is 2.18. The highest BCUT2D eigenvalue weighted by Crippen LogP contribution is 2.28. The van der Waals surface area contributed by atoms with Crippen LogP contribution in [-0.4, -0.2) is 4.98 Å². The van der Waals surface area contributed by atoms with Crippen LogP contribution in [0.4, 0.5) is 4.39 Å². The van der Waals surface area contributed by atoms with E-state index in [4.69, 9.17) is 5.84 Å². The van der Waals surface area contributed by atoms with Crippen molar-refractivity contribution < 1.29 is 4.39 Å². The van der Waals surface area contributed by atoms with E-state index in [0.717, 1.165) is 5.01 Å². The molecule has 0 saturated heterocycles. The number of halogens is 2. The van der Waals surface area contributed by atoms with Crippen molar-refractivity contribution in [1.29, 1.82) is 0 Å². The number of hydrazine groups is 1. The summed E-state index contributed by atoms with van der Waals surface area (Å²) in [7, 11) is 0. The van der Waals surface area contributed by atoms with E-state index in [2.05, 4.69) is 26.3 Å². The average molecular weight is 316 g/mol. The molecule has 1 aromatic heterocycles. The first-order valence-electron chi connectivity index (χ1n) is 5.00. The van der Waals surface area contributed by atoms with Gasteiger partial charge in [-0.3, -0.25) is 11.3 Å². The predicted octanol–water partition coefficient (Wildman–Crippen LogP) is 2.79. The summed E-state index contributed by atoms with van der Waals surface area (Å²) >= 11 is 4.87. The number of nitrogens with one attached hydrogen (secondary N) is 1. The van der Waals surface area contributed by atoms with Crippen molar-refractivity contribution in [2.75, 3.05) is 0 Å². The molecule has 3 nitrogen and oxygen atoms in total. The van der Waals surface area contributed by atoms with Crippen LogP contribution in [0.3, 0.4) is 0 Å². The van der Waals surface area contributed by atoms with Gasteiger partial charge < -0.3 is 0 Å². The van der Waals surface area contributed by atoms with Gasteiger partial charge in [-0.15, -0.1) is 11.3 Å². The normalized spacial score (nSPS) is 12.6. The summed E-state index contributed by atoms with van der Waals surface area (Å²) in [5.41, 5.74) is 3.17. The van der Waals surface area contributed by atoms with Crippen LogP contribution >= 0.6 is 27.3 Å². The molecule has 2 rings (SSSR count). The monoisotopic (exact) mass is 315 g/mol. The van der Waals surface area contributed by atoms with Gasteiger partial charge in [-0.2, -0.15) is 0 Å². The molecule has 0 aliphatic rings. The second-order valence-electron chi connectivity index (χ2n) is 3.48. The minimum atomic E-state index is -0.295. The lowest BCUT2D eigenvalue weighted by Gasteiger charge is -2.17. The fourth-order valence-corrected chi connectivity index (χ4v) is 2.90. The first kappa shape index (κ1) is 12.6. The van der Waals surface area contributed by atoms with Gasteiger partial charge >= 0.3 is 0 Å². The van der Waals surface area contributed by atoms with Crippen molar-refractivity contribution in [3.8, 4) is 0 Å². The molecule has 1 heterocycles. The lowest BCUT2D eigenvalue weighted by Crippen LogP contribution is -2.30. The van der Waals surface area contributed by atoms with Gasteiger partial charge in [0.1, 0.15) is 5.82 Å². The first-order chi connectivity index (χ1) is 8.22. The minimum absolute atomic E-state index is 0.279. The van der Waals surface area contributed by atoms with Gasteiger partial charge in [0, 0.05) is 28.0 Å². The molecule has 17 heavy (non-hydrogen) atoms. The molecule has 3 N–H and O–H groups in total. The number of rotatable bonds is 4. The summed E-state index contributed by atoms with van der Waals surface area (Å²) in [6.07, 6.45) is 2.29. The number of hydrogen-bond donors (Lipinski definition) is 2. The Morgan fingerprint density at radius 2 is 2.35 bits per heavy atom. The van der Waals surface area contributed by atoms with Crippen molar-refractivity contribution in [3.63, 3.8) is 0 Å². The van der Waals surface area contributed by atoms with Gasteiger partial charge in [0.15, 0.2) is 0 Å². The number of hydrogen-bond acceptors (Lipinski definition) is 4. The summed E-state index contributed by atoms with van der Waals surface area (Å²) in [5, 5.41) is 2.81. The minimum Gasteiger partial charge on any atom is -0.271 e. The van der Waals surface area contributed by atoms with Crippen molar-refractivity contribution >= 4 is 27.3 Å². The Labute approximate surface area is 111 Å². The standard InChI is InChI=1S/C11H11BrFN3S/c12-7-2-1-3-8(13)11(7)9(16-14)6-10-15-4-5-17-10/h1-5,9,16H,6,14H2. The van der Waals surface area contributed by atoms with Gasteiger partial charge in [0.2, 0.25) is 0 Å². The molecular weight excluding hydrogens is 305 g/mol. The predicted molar refractivity (Wildman–Crippen MR) is 70.0 cm³/mol. The maximum Gasteiger partial charge on any atom is 0.129 e. The summed E-state index contributed by atoms with van der Waals surface area (Å²) < 4.78 is 14.5. The van der Waals surface area contributed by atoms with E-state index in [1.54, 1.807) is 18.3 Å². The van der Waals surface area contributed by atoms with Crippen molar-refractivity contribution in [2.24, 2.45) is 5.84 Å². The zero-order valence-electron chi connectivity index (χ0n) is 8.86. The summed E-state index contributed by atoms with van der Waals surface area (Å²) in [6, 6.07) is 4.58. The van der Waals surface area contributed by atoms with E-state index < -0.39 is 0 Å². The molecule has 0 amide bonds. The molecule has 1 unspecified atom stereocenters. The van der Waals surface area contributed by atoms with E-state index in [-0.39, 0.29) is 11.9 Å². The first-order valence-corrected chi connectivity index (χ1v) is 6.68. The van der Waals surface area contributed by atoms with Gasteiger partial charge in [-0.25, -0.2) is 9.37 Å². The third-order valence-corrected chi connectivity index (χ3v) is 3.91. The molecule has 2 aromatic rings. The van der Waals surface area contributed by atoms with E-state index >= 15 is 0 Å². The smallest absolute Gasteiger partial charge is 0.129 e. The van der Waals surface area contributed by atoms with Gasteiger partial charge in [-0.05, 0) is 12.1 Å². The number of nitrogens with zero attached hydrogens (tertiary/aromatic N) is 1. The Balaban J connectivity index is 2.29. The molecule has 0 saturated carbocycles. The molecule has 6 heteroatoms. The molecule has 0 fully saturated rings. The van der Waals surface area contributed by atoms with E-state index in [0.29, 0.717) is 16.5 Å². The van der Waals surface area contributed by atoms with Gasteiger partial charge in [0.25, 0.3) is 0 Å². The lowest BCUT2D eigenvalue weighted by molar-refractivity contribution is 0.507. The highest BCUT2D eigenvalue weighted by molar-refractivity contribution is 9.10. The molecule has 1 atom stereocenters. The SMILES string of the molecule is NNC(Cc1nccs1)c1c(F)cccc1Br. The Hall–Kier alpha value is -0.820. The van der Waals surface area contributed by atoms with Crippen LogP contribution in [0.25, 0.3) is 0 Å². The third-order valence-electron chi connectivity index (χ3n) is 2.41. The summed E-state index contributed by atoms with van der Waals surface area (Å²) in [6.45, 7) is 0. The fourth-order valence-electron chi connectivity index (χ4n) is 1.62.